The predicted molar refractivity (Wildman–Crippen MR) is 66.3 cm³/mol. The molecular formula is C12H19N3O. The van der Waals surface area contributed by atoms with E-state index >= 15 is 0 Å². The molecule has 1 heterocycles. The number of pyridine rings is 1. The highest BCUT2D eigenvalue weighted by atomic mass is 16.1. The lowest BCUT2D eigenvalue weighted by molar-refractivity contribution is 0.578. The third kappa shape index (κ3) is 2.21. The molecule has 0 spiro atoms. The molecule has 0 aliphatic heterocycles. The van der Waals surface area contributed by atoms with Crippen molar-refractivity contribution in [2.45, 2.75) is 44.4 Å². The van der Waals surface area contributed by atoms with Crippen molar-refractivity contribution in [1.82, 2.24) is 4.98 Å². The van der Waals surface area contributed by atoms with Crippen LogP contribution >= 0.6 is 0 Å². The van der Waals surface area contributed by atoms with Crippen molar-refractivity contribution in [2.75, 3.05) is 11.5 Å². The summed E-state index contributed by atoms with van der Waals surface area (Å²) >= 11 is 0. The lowest BCUT2D eigenvalue weighted by Crippen LogP contribution is -2.17. The molecule has 1 aliphatic carbocycles. The first-order valence-electron chi connectivity index (χ1n) is 5.96. The van der Waals surface area contributed by atoms with Gasteiger partial charge in [0.05, 0.1) is 11.4 Å². The molecule has 88 valence electrons. The van der Waals surface area contributed by atoms with Crippen LogP contribution in [0.3, 0.4) is 0 Å². The normalized spacial score (nSPS) is 18.2. The zero-order chi connectivity index (χ0) is 11.5. The quantitative estimate of drug-likeness (QED) is 0.634. The van der Waals surface area contributed by atoms with Crippen LogP contribution in [0.2, 0.25) is 0 Å². The summed E-state index contributed by atoms with van der Waals surface area (Å²) in [5.74, 6) is 0.399. The Balaban J connectivity index is 2.31. The highest BCUT2D eigenvalue weighted by molar-refractivity contribution is 5.53. The minimum absolute atomic E-state index is 0.204. The molecule has 4 heteroatoms. The minimum Gasteiger partial charge on any atom is -0.397 e. The minimum atomic E-state index is -0.214. The Morgan fingerprint density at radius 3 is 2.31 bits per heavy atom. The van der Waals surface area contributed by atoms with Gasteiger partial charge in [-0.2, -0.15) is 0 Å². The van der Waals surface area contributed by atoms with Crippen molar-refractivity contribution in [3.05, 3.63) is 22.1 Å². The first-order valence-corrected chi connectivity index (χ1v) is 5.96. The van der Waals surface area contributed by atoms with E-state index < -0.39 is 0 Å². The standard InChI is InChI=1S/C12H19N3O/c13-9-7-10(14)12(16)15-11(9)8-5-3-1-2-4-6-8/h7-8H,1-6,13-14H2,(H,15,16). The first-order chi connectivity index (χ1) is 7.68. The third-order valence-electron chi connectivity index (χ3n) is 3.40. The highest BCUT2D eigenvalue weighted by Crippen LogP contribution is 2.32. The molecule has 2 rings (SSSR count). The Morgan fingerprint density at radius 2 is 1.69 bits per heavy atom. The van der Waals surface area contributed by atoms with Gasteiger partial charge in [0.2, 0.25) is 0 Å². The summed E-state index contributed by atoms with van der Waals surface area (Å²) in [6.45, 7) is 0. The number of anilines is 2. The molecular weight excluding hydrogens is 202 g/mol. The van der Waals surface area contributed by atoms with Crippen LogP contribution < -0.4 is 17.0 Å². The van der Waals surface area contributed by atoms with Crippen LogP contribution in [0.1, 0.15) is 50.1 Å². The zero-order valence-corrected chi connectivity index (χ0v) is 9.46. The zero-order valence-electron chi connectivity index (χ0n) is 9.46. The largest absolute Gasteiger partial charge is 0.397 e. The van der Waals surface area contributed by atoms with Crippen molar-refractivity contribution in [3.63, 3.8) is 0 Å². The Hall–Kier alpha value is -1.45. The number of hydrogen-bond acceptors (Lipinski definition) is 3. The average Bonchev–Trinajstić information content (AvgIpc) is 2.52. The Bertz CT molecular complexity index is 417. The van der Waals surface area contributed by atoms with Gasteiger partial charge in [-0.15, -0.1) is 0 Å². The maximum absolute atomic E-state index is 11.5. The van der Waals surface area contributed by atoms with Gasteiger partial charge in [-0.25, -0.2) is 0 Å². The van der Waals surface area contributed by atoms with Gasteiger partial charge in [-0.3, -0.25) is 4.79 Å². The molecule has 0 radical (unpaired) electrons. The van der Waals surface area contributed by atoms with Gasteiger partial charge in [0.25, 0.3) is 5.56 Å². The predicted octanol–water partition coefficient (Wildman–Crippen LogP) is 1.98. The monoisotopic (exact) mass is 221 g/mol. The summed E-state index contributed by atoms with van der Waals surface area (Å²) in [6, 6.07) is 1.58. The van der Waals surface area contributed by atoms with E-state index in [9.17, 15) is 4.79 Å². The summed E-state index contributed by atoms with van der Waals surface area (Å²) in [5, 5.41) is 0. The van der Waals surface area contributed by atoms with Crippen molar-refractivity contribution in [2.24, 2.45) is 0 Å². The molecule has 0 atom stereocenters. The summed E-state index contributed by atoms with van der Waals surface area (Å²) in [4.78, 5) is 14.3. The molecule has 0 saturated heterocycles. The van der Waals surface area contributed by atoms with Crippen molar-refractivity contribution >= 4 is 11.4 Å². The number of hydrogen-bond donors (Lipinski definition) is 3. The van der Waals surface area contributed by atoms with Gasteiger partial charge in [-0.05, 0) is 18.9 Å². The molecule has 1 saturated carbocycles. The average molecular weight is 221 g/mol. The van der Waals surface area contributed by atoms with Gasteiger partial charge < -0.3 is 16.5 Å². The second-order valence-corrected chi connectivity index (χ2v) is 4.61. The maximum Gasteiger partial charge on any atom is 0.271 e. The summed E-state index contributed by atoms with van der Waals surface area (Å²) in [7, 11) is 0. The molecule has 1 aliphatic rings. The number of aromatic nitrogens is 1. The van der Waals surface area contributed by atoms with E-state index in [1.807, 2.05) is 0 Å². The Morgan fingerprint density at radius 1 is 1.06 bits per heavy atom. The smallest absolute Gasteiger partial charge is 0.271 e. The summed E-state index contributed by atoms with van der Waals surface area (Å²) < 4.78 is 0. The van der Waals surface area contributed by atoms with Gasteiger partial charge in [-0.1, -0.05) is 25.7 Å². The summed E-state index contributed by atoms with van der Waals surface area (Å²) in [5.41, 5.74) is 13.0. The lowest BCUT2D eigenvalue weighted by atomic mass is 9.95. The number of nitrogens with one attached hydrogen (secondary N) is 1. The van der Waals surface area contributed by atoms with Crippen molar-refractivity contribution < 1.29 is 0 Å². The van der Waals surface area contributed by atoms with Crippen LogP contribution in [-0.4, -0.2) is 4.98 Å². The molecule has 0 bridgehead atoms. The second kappa shape index (κ2) is 4.60. The number of nitrogen functional groups attached to an aromatic ring is 2. The number of nitrogens with two attached hydrogens (primary N) is 2. The lowest BCUT2D eigenvalue weighted by Gasteiger charge is -2.16. The molecule has 1 aromatic heterocycles. The van der Waals surface area contributed by atoms with Gasteiger partial charge >= 0.3 is 0 Å². The fourth-order valence-electron chi connectivity index (χ4n) is 2.48. The highest BCUT2D eigenvalue weighted by Gasteiger charge is 2.18. The van der Waals surface area contributed by atoms with Crippen LogP contribution in [0.4, 0.5) is 11.4 Å². The van der Waals surface area contributed by atoms with Gasteiger partial charge in [0, 0.05) is 11.6 Å². The van der Waals surface area contributed by atoms with E-state index in [-0.39, 0.29) is 11.2 Å². The maximum atomic E-state index is 11.5. The van der Waals surface area contributed by atoms with Crippen LogP contribution in [0.15, 0.2) is 10.9 Å². The SMILES string of the molecule is Nc1cc(N)c(=O)[nH]c1C1CCCCCC1. The molecule has 1 fully saturated rings. The van der Waals surface area contributed by atoms with Crippen LogP contribution in [0.5, 0.6) is 0 Å². The second-order valence-electron chi connectivity index (χ2n) is 4.61. The molecule has 0 aromatic carbocycles. The van der Waals surface area contributed by atoms with Crippen LogP contribution in [0.25, 0.3) is 0 Å². The van der Waals surface area contributed by atoms with Crippen LogP contribution in [0, 0.1) is 0 Å². The van der Waals surface area contributed by atoms with E-state index in [0.717, 1.165) is 18.5 Å². The van der Waals surface area contributed by atoms with Gasteiger partial charge in [0.1, 0.15) is 0 Å². The molecule has 16 heavy (non-hydrogen) atoms. The Labute approximate surface area is 95.0 Å². The van der Waals surface area contributed by atoms with Crippen molar-refractivity contribution in [1.29, 1.82) is 0 Å². The Kier molecular flexibility index (Phi) is 3.17. The number of H-pyrrole nitrogens is 1. The molecule has 0 amide bonds. The molecule has 1 aromatic rings. The number of rotatable bonds is 1. The molecule has 0 unspecified atom stereocenters. The topological polar surface area (TPSA) is 84.9 Å². The fraction of sp³-hybridized carbons (Fsp3) is 0.583. The van der Waals surface area contributed by atoms with E-state index in [4.69, 9.17) is 11.5 Å². The van der Waals surface area contributed by atoms with E-state index in [0.29, 0.717) is 11.6 Å². The molecule has 5 N–H and O–H groups in total. The van der Waals surface area contributed by atoms with Gasteiger partial charge in [0.15, 0.2) is 0 Å². The van der Waals surface area contributed by atoms with E-state index in [2.05, 4.69) is 4.98 Å². The van der Waals surface area contributed by atoms with Crippen LogP contribution in [-0.2, 0) is 0 Å². The van der Waals surface area contributed by atoms with E-state index in [1.54, 1.807) is 6.07 Å². The third-order valence-corrected chi connectivity index (χ3v) is 3.40. The molecule has 4 nitrogen and oxygen atoms in total. The van der Waals surface area contributed by atoms with Crippen molar-refractivity contribution in [3.8, 4) is 0 Å². The first kappa shape index (κ1) is 11.0. The van der Waals surface area contributed by atoms with E-state index in [1.165, 1.54) is 25.7 Å². The summed E-state index contributed by atoms with van der Waals surface area (Å²) in [6.07, 6.45) is 7.24. The number of aromatic amines is 1. The fourth-order valence-corrected chi connectivity index (χ4v) is 2.48.